The predicted octanol–water partition coefficient (Wildman–Crippen LogP) is 4.80. The third-order valence-electron chi connectivity index (χ3n) is 5.26. The molecule has 0 spiro atoms. The number of ether oxygens (including phenoxy) is 1. The number of sulfonamides is 1. The van der Waals surface area contributed by atoms with Gasteiger partial charge in [0.25, 0.3) is 10.0 Å². The van der Waals surface area contributed by atoms with Crippen LogP contribution in [0.25, 0.3) is 5.82 Å². The lowest BCUT2D eigenvalue weighted by atomic mass is 10.1. The van der Waals surface area contributed by atoms with E-state index in [9.17, 15) is 8.42 Å². The van der Waals surface area contributed by atoms with Crippen molar-refractivity contribution in [2.75, 3.05) is 4.72 Å². The van der Waals surface area contributed by atoms with Crippen LogP contribution in [0.3, 0.4) is 0 Å². The largest absolute Gasteiger partial charge is 0.439 e. The van der Waals surface area contributed by atoms with E-state index in [1.54, 1.807) is 48.0 Å². The number of hydrogen-bond donors (Lipinski definition) is 1. The number of hydrogen-bond acceptors (Lipinski definition) is 6. The zero-order valence-corrected chi connectivity index (χ0v) is 19.9. The van der Waals surface area contributed by atoms with Gasteiger partial charge in [0.05, 0.1) is 10.6 Å². The van der Waals surface area contributed by atoms with Gasteiger partial charge in [0.2, 0.25) is 5.88 Å². The molecule has 4 aromatic rings. The second kappa shape index (κ2) is 8.67. The summed E-state index contributed by atoms with van der Waals surface area (Å²) in [5, 5.41) is 4.42. The fourth-order valence-electron chi connectivity index (χ4n) is 3.51. The first-order chi connectivity index (χ1) is 15.6. The molecule has 0 atom stereocenters. The summed E-state index contributed by atoms with van der Waals surface area (Å²) in [5.74, 6) is 1.46. The zero-order chi connectivity index (χ0) is 23.8. The lowest BCUT2D eigenvalue weighted by molar-refractivity contribution is 0.460. The molecule has 0 unspecified atom stereocenters. The summed E-state index contributed by atoms with van der Waals surface area (Å²) in [4.78, 5) is 8.68. The van der Waals surface area contributed by atoms with Crippen LogP contribution in [0.2, 0.25) is 0 Å². The van der Waals surface area contributed by atoms with Crippen molar-refractivity contribution >= 4 is 15.7 Å². The Morgan fingerprint density at radius 3 is 2.21 bits per heavy atom. The van der Waals surface area contributed by atoms with E-state index in [4.69, 9.17) is 4.74 Å². The molecule has 0 aliphatic carbocycles. The van der Waals surface area contributed by atoms with E-state index in [0.29, 0.717) is 28.7 Å². The summed E-state index contributed by atoms with van der Waals surface area (Å²) >= 11 is 0. The van der Waals surface area contributed by atoms with Crippen LogP contribution in [-0.2, 0) is 10.0 Å². The lowest BCUT2D eigenvalue weighted by Gasteiger charge is -2.13. The Morgan fingerprint density at radius 1 is 0.848 bits per heavy atom. The van der Waals surface area contributed by atoms with E-state index in [-0.39, 0.29) is 4.90 Å². The van der Waals surface area contributed by atoms with E-state index < -0.39 is 10.0 Å². The minimum atomic E-state index is -3.71. The maximum Gasteiger partial charge on any atom is 0.262 e. The molecule has 0 amide bonds. The highest BCUT2D eigenvalue weighted by Gasteiger charge is 2.18. The highest BCUT2D eigenvalue weighted by Crippen LogP contribution is 2.26. The first-order valence-electron chi connectivity index (χ1n) is 10.4. The molecule has 0 saturated carbocycles. The normalized spacial score (nSPS) is 11.4. The topological polar surface area (TPSA) is 99.0 Å². The predicted molar refractivity (Wildman–Crippen MR) is 127 cm³/mol. The van der Waals surface area contributed by atoms with Crippen molar-refractivity contribution in [3.05, 3.63) is 82.9 Å². The van der Waals surface area contributed by atoms with Crippen LogP contribution in [0, 0.1) is 34.6 Å². The van der Waals surface area contributed by atoms with Gasteiger partial charge >= 0.3 is 0 Å². The van der Waals surface area contributed by atoms with Gasteiger partial charge in [0.1, 0.15) is 12.1 Å². The second-order valence-electron chi connectivity index (χ2n) is 7.99. The molecule has 0 bridgehead atoms. The molecular formula is C24H25N5O3S. The molecule has 0 aliphatic rings. The minimum absolute atomic E-state index is 0.267. The maximum absolute atomic E-state index is 12.9. The highest BCUT2D eigenvalue weighted by molar-refractivity contribution is 7.92. The monoisotopic (exact) mass is 463 g/mol. The average Bonchev–Trinajstić information content (AvgIpc) is 3.10. The third kappa shape index (κ3) is 4.88. The van der Waals surface area contributed by atoms with Gasteiger partial charge in [-0.15, -0.1) is 0 Å². The second-order valence-corrected chi connectivity index (χ2v) is 9.64. The highest BCUT2D eigenvalue weighted by atomic mass is 32.2. The summed E-state index contributed by atoms with van der Waals surface area (Å²) in [7, 11) is -3.71. The van der Waals surface area contributed by atoms with Gasteiger partial charge < -0.3 is 4.74 Å². The Balaban J connectivity index is 1.51. The number of anilines is 1. The third-order valence-corrected chi connectivity index (χ3v) is 6.79. The van der Waals surface area contributed by atoms with Crippen molar-refractivity contribution in [1.82, 2.24) is 19.7 Å². The van der Waals surface area contributed by atoms with Gasteiger partial charge in [-0.05, 0) is 87.7 Å². The minimum Gasteiger partial charge on any atom is -0.439 e. The van der Waals surface area contributed by atoms with Crippen LogP contribution in [0.4, 0.5) is 5.69 Å². The van der Waals surface area contributed by atoms with Crippen LogP contribution in [0.5, 0.6) is 11.6 Å². The van der Waals surface area contributed by atoms with Gasteiger partial charge in [-0.3, -0.25) is 4.72 Å². The molecule has 0 aliphatic heterocycles. The standard InChI is InChI=1S/C24H25N5O3S/c1-15-10-17(3)22(11-16(15)2)33(30,31)28-20-6-8-21(9-7-20)32-24-13-23(25-14-26-24)29-19(5)12-18(4)27-29/h6-14,28H,1-5H3. The maximum atomic E-state index is 12.9. The SMILES string of the molecule is Cc1cc(C)n(-c2cc(Oc3ccc(NS(=O)(=O)c4cc(C)c(C)cc4C)cc3)ncn2)n1. The number of nitrogens with zero attached hydrogens (tertiary/aromatic N) is 4. The van der Waals surface area contributed by atoms with E-state index in [2.05, 4.69) is 19.8 Å². The molecule has 33 heavy (non-hydrogen) atoms. The summed E-state index contributed by atoms with van der Waals surface area (Å²) in [6, 6.07) is 13.9. The molecule has 2 aromatic carbocycles. The first kappa shape index (κ1) is 22.5. The average molecular weight is 464 g/mol. The number of aromatic nitrogens is 4. The van der Waals surface area contributed by atoms with E-state index in [0.717, 1.165) is 22.5 Å². The Hall–Kier alpha value is -3.72. The van der Waals surface area contributed by atoms with E-state index in [1.165, 1.54) is 6.33 Å². The van der Waals surface area contributed by atoms with Gasteiger partial charge in [0, 0.05) is 17.4 Å². The molecule has 0 saturated heterocycles. The molecule has 4 rings (SSSR count). The van der Waals surface area contributed by atoms with Gasteiger partial charge in [0.15, 0.2) is 5.82 Å². The molecule has 0 fully saturated rings. The van der Waals surface area contributed by atoms with E-state index >= 15 is 0 Å². The summed E-state index contributed by atoms with van der Waals surface area (Å²) in [6.07, 6.45) is 1.41. The fourth-order valence-corrected chi connectivity index (χ4v) is 4.88. The van der Waals surface area contributed by atoms with Gasteiger partial charge in [-0.1, -0.05) is 6.07 Å². The van der Waals surface area contributed by atoms with E-state index in [1.807, 2.05) is 39.8 Å². The van der Waals surface area contributed by atoms with Crippen molar-refractivity contribution < 1.29 is 13.2 Å². The fraction of sp³-hybridized carbons (Fsp3) is 0.208. The zero-order valence-electron chi connectivity index (χ0n) is 19.1. The van der Waals surface area contributed by atoms with Crippen LogP contribution in [0.15, 0.2) is 59.8 Å². The Morgan fingerprint density at radius 2 is 1.55 bits per heavy atom. The first-order valence-corrected chi connectivity index (χ1v) is 11.8. The van der Waals surface area contributed by atoms with Crippen LogP contribution < -0.4 is 9.46 Å². The molecule has 0 radical (unpaired) electrons. The van der Waals surface area contributed by atoms with Crippen molar-refractivity contribution in [1.29, 1.82) is 0 Å². The van der Waals surface area contributed by atoms with Crippen molar-refractivity contribution in [3.8, 4) is 17.4 Å². The van der Waals surface area contributed by atoms with Crippen LogP contribution >= 0.6 is 0 Å². The molecule has 2 aromatic heterocycles. The Bertz CT molecular complexity index is 1430. The number of aryl methyl sites for hydroxylation is 5. The number of rotatable bonds is 6. The van der Waals surface area contributed by atoms with Crippen molar-refractivity contribution in [3.63, 3.8) is 0 Å². The van der Waals surface area contributed by atoms with Gasteiger partial charge in [-0.25, -0.2) is 23.1 Å². The molecule has 8 nitrogen and oxygen atoms in total. The van der Waals surface area contributed by atoms with Crippen LogP contribution in [-0.4, -0.2) is 28.2 Å². The van der Waals surface area contributed by atoms with Crippen molar-refractivity contribution in [2.45, 2.75) is 39.5 Å². The Labute approximate surface area is 193 Å². The summed E-state index contributed by atoms with van der Waals surface area (Å²) in [6.45, 7) is 9.51. The molecule has 2 heterocycles. The van der Waals surface area contributed by atoms with Crippen molar-refractivity contribution in [2.24, 2.45) is 0 Å². The number of nitrogens with one attached hydrogen (secondary N) is 1. The molecule has 170 valence electrons. The summed E-state index contributed by atoms with van der Waals surface area (Å²) < 4.78 is 36.0. The molecule has 9 heteroatoms. The summed E-state index contributed by atoms with van der Waals surface area (Å²) in [5.41, 5.74) is 4.96. The Kier molecular flexibility index (Phi) is 5.90. The molecular weight excluding hydrogens is 438 g/mol. The molecule has 1 N–H and O–H groups in total. The van der Waals surface area contributed by atoms with Gasteiger partial charge in [-0.2, -0.15) is 5.10 Å². The quantitative estimate of drug-likeness (QED) is 0.441. The lowest BCUT2D eigenvalue weighted by Crippen LogP contribution is -2.14. The smallest absolute Gasteiger partial charge is 0.262 e. The number of benzene rings is 2. The van der Waals surface area contributed by atoms with Crippen LogP contribution in [0.1, 0.15) is 28.1 Å².